The van der Waals surface area contributed by atoms with E-state index in [4.69, 9.17) is 0 Å². The van der Waals surface area contributed by atoms with Crippen molar-refractivity contribution in [3.8, 4) is 0 Å². The molecule has 0 spiro atoms. The average molecular weight is 245 g/mol. The highest BCUT2D eigenvalue weighted by atomic mass is 32.2. The quantitative estimate of drug-likeness (QED) is 0.779. The first kappa shape index (κ1) is 12.7. The molecule has 0 saturated heterocycles. The predicted octanol–water partition coefficient (Wildman–Crippen LogP) is 0.00500. The summed E-state index contributed by atoms with van der Waals surface area (Å²) in [5, 5.41) is 2.73. The molecule has 0 aliphatic heterocycles. The van der Waals surface area contributed by atoms with E-state index >= 15 is 0 Å². The minimum absolute atomic E-state index is 0.124. The van der Waals surface area contributed by atoms with Crippen LogP contribution in [0.1, 0.15) is 13.8 Å². The van der Waals surface area contributed by atoms with Crippen molar-refractivity contribution in [1.29, 1.82) is 0 Å². The molecule has 1 heterocycles. The van der Waals surface area contributed by atoms with Crippen molar-refractivity contribution < 1.29 is 8.42 Å². The van der Waals surface area contributed by atoms with Crippen molar-refractivity contribution in [1.82, 2.24) is 9.97 Å². The van der Waals surface area contributed by atoms with Crippen molar-refractivity contribution >= 4 is 15.7 Å². The summed E-state index contributed by atoms with van der Waals surface area (Å²) < 4.78 is 21.9. The normalized spacial score (nSPS) is 12.4. The molecule has 0 fully saturated rings. The van der Waals surface area contributed by atoms with E-state index in [-0.39, 0.29) is 17.9 Å². The molecule has 1 aromatic heterocycles. The van der Waals surface area contributed by atoms with Crippen LogP contribution in [0.2, 0.25) is 0 Å². The molecule has 2 N–H and O–H groups in total. The van der Waals surface area contributed by atoms with Gasteiger partial charge in [-0.1, -0.05) is 0 Å². The first-order chi connectivity index (χ1) is 7.24. The fourth-order valence-electron chi connectivity index (χ4n) is 0.905. The third kappa shape index (κ3) is 2.82. The van der Waals surface area contributed by atoms with E-state index < -0.39 is 14.6 Å². The van der Waals surface area contributed by atoms with Crippen molar-refractivity contribution in [2.45, 2.75) is 18.6 Å². The van der Waals surface area contributed by atoms with Gasteiger partial charge in [-0.15, -0.1) is 0 Å². The molecule has 0 aromatic carbocycles. The smallest absolute Gasteiger partial charge is 0.290 e. The SMILES string of the molecule is CC(C)(CNc1ncc[nH]c1=O)S(C)(=O)=O. The molecular weight excluding hydrogens is 230 g/mol. The van der Waals surface area contributed by atoms with Gasteiger partial charge < -0.3 is 10.3 Å². The summed E-state index contributed by atoms with van der Waals surface area (Å²) in [5.74, 6) is 0.124. The number of aromatic nitrogens is 2. The summed E-state index contributed by atoms with van der Waals surface area (Å²) in [6, 6.07) is 0. The molecule has 6 nitrogen and oxygen atoms in total. The van der Waals surface area contributed by atoms with Gasteiger partial charge in [0.15, 0.2) is 15.7 Å². The summed E-state index contributed by atoms with van der Waals surface area (Å²) in [6.07, 6.45) is 4.00. The lowest BCUT2D eigenvalue weighted by Crippen LogP contribution is -2.39. The molecule has 0 bridgehead atoms. The number of nitrogens with one attached hydrogen (secondary N) is 2. The molecule has 7 heteroatoms. The van der Waals surface area contributed by atoms with Gasteiger partial charge in [-0.2, -0.15) is 0 Å². The zero-order valence-corrected chi connectivity index (χ0v) is 10.3. The largest absolute Gasteiger partial charge is 0.364 e. The number of hydrogen-bond acceptors (Lipinski definition) is 5. The number of nitrogens with zero attached hydrogens (tertiary/aromatic N) is 1. The Balaban J connectivity index is 2.81. The van der Waals surface area contributed by atoms with Crippen LogP contribution in [0.5, 0.6) is 0 Å². The van der Waals surface area contributed by atoms with E-state index in [2.05, 4.69) is 15.3 Å². The van der Waals surface area contributed by atoms with E-state index in [9.17, 15) is 13.2 Å². The van der Waals surface area contributed by atoms with Gasteiger partial charge in [-0.25, -0.2) is 13.4 Å². The van der Waals surface area contributed by atoms with Gasteiger partial charge in [0.25, 0.3) is 5.56 Å². The molecule has 90 valence electrons. The number of hydrogen-bond donors (Lipinski definition) is 2. The van der Waals surface area contributed by atoms with Gasteiger partial charge in [-0.05, 0) is 13.8 Å². The maximum Gasteiger partial charge on any atom is 0.290 e. The Hall–Kier alpha value is -1.37. The summed E-state index contributed by atoms with van der Waals surface area (Å²) in [4.78, 5) is 17.5. The zero-order valence-electron chi connectivity index (χ0n) is 9.44. The Kier molecular flexibility index (Phi) is 3.37. The van der Waals surface area contributed by atoms with E-state index in [0.717, 1.165) is 6.26 Å². The summed E-state index contributed by atoms with van der Waals surface area (Å²) >= 11 is 0. The molecule has 0 saturated carbocycles. The van der Waals surface area contributed by atoms with Gasteiger partial charge in [0.1, 0.15) is 0 Å². The second-order valence-corrected chi connectivity index (χ2v) is 6.80. The molecule has 1 aromatic rings. The van der Waals surface area contributed by atoms with Crippen LogP contribution in [-0.4, -0.2) is 35.9 Å². The molecule has 0 atom stereocenters. The van der Waals surface area contributed by atoms with Crippen LogP contribution in [0, 0.1) is 0 Å². The second-order valence-electron chi connectivity index (χ2n) is 4.15. The highest BCUT2D eigenvalue weighted by molar-refractivity contribution is 7.92. The Morgan fingerprint density at radius 3 is 2.62 bits per heavy atom. The fourth-order valence-corrected chi connectivity index (χ4v) is 1.24. The van der Waals surface area contributed by atoms with Crippen molar-refractivity contribution in [3.05, 3.63) is 22.7 Å². The molecule has 0 radical (unpaired) electrons. The molecule has 0 aliphatic carbocycles. The fraction of sp³-hybridized carbons (Fsp3) is 0.556. The highest BCUT2D eigenvalue weighted by Gasteiger charge is 2.30. The number of anilines is 1. The molecule has 0 unspecified atom stereocenters. The van der Waals surface area contributed by atoms with Gasteiger partial charge in [0.2, 0.25) is 0 Å². The van der Waals surface area contributed by atoms with Gasteiger partial charge in [0.05, 0.1) is 4.75 Å². The second kappa shape index (κ2) is 4.25. The number of rotatable bonds is 4. The van der Waals surface area contributed by atoms with Crippen molar-refractivity contribution in [2.75, 3.05) is 18.1 Å². The zero-order chi connectivity index (χ0) is 12.4. The minimum atomic E-state index is -3.19. The van der Waals surface area contributed by atoms with Crippen LogP contribution in [0.4, 0.5) is 5.82 Å². The lowest BCUT2D eigenvalue weighted by Gasteiger charge is -2.22. The Bertz CT molecular complexity index is 519. The van der Waals surface area contributed by atoms with E-state index in [1.165, 1.54) is 12.4 Å². The Morgan fingerprint density at radius 2 is 2.12 bits per heavy atom. The van der Waals surface area contributed by atoms with E-state index in [0.29, 0.717) is 0 Å². The molecule has 0 aliphatic rings. The standard InChI is InChI=1S/C9H15N3O3S/c1-9(2,16(3,14)15)6-12-7-8(13)11-5-4-10-7/h4-5H,6H2,1-3H3,(H,10,12)(H,11,13). The van der Waals surface area contributed by atoms with Crippen molar-refractivity contribution in [3.63, 3.8) is 0 Å². The number of aromatic amines is 1. The maximum atomic E-state index is 11.4. The van der Waals surface area contributed by atoms with Crippen LogP contribution in [0.3, 0.4) is 0 Å². The average Bonchev–Trinajstić information content (AvgIpc) is 2.15. The van der Waals surface area contributed by atoms with Crippen molar-refractivity contribution in [2.24, 2.45) is 0 Å². The topological polar surface area (TPSA) is 91.9 Å². The Morgan fingerprint density at radius 1 is 1.50 bits per heavy atom. The third-order valence-electron chi connectivity index (χ3n) is 2.39. The van der Waals surface area contributed by atoms with Crippen LogP contribution in [-0.2, 0) is 9.84 Å². The lowest BCUT2D eigenvalue weighted by molar-refractivity contribution is 0.559. The highest BCUT2D eigenvalue weighted by Crippen LogP contribution is 2.14. The van der Waals surface area contributed by atoms with Crippen LogP contribution in [0.15, 0.2) is 17.2 Å². The van der Waals surface area contributed by atoms with Crippen LogP contribution < -0.4 is 10.9 Å². The summed E-state index contributed by atoms with van der Waals surface area (Å²) in [7, 11) is -3.19. The first-order valence-electron chi connectivity index (χ1n) is 4.71. The predicted molar refractivity (Wildman–Crippen MR) is 62.3 cm³/mol. The minimum Gasteiger partial charge on any atom is -0.364 e. The summed E-state index contributed by atoms with van der Waals surface area (Å²) in [6.45, 7) is 3.31. The van der Waals surface area contributed by atoms with Crippen LogP contribution >= 0.6 is 0 Å². The maximum absolute atomic E-state index is 11.4. The summed E-state index contributed by atoms with van der Waals surface area (Å²) in [5.41, 5.74) is -0.369. The Labute approximate surface area is 94.0 Å². The number of sulfone groups is 1. The molecule has 0 amide bonds. The van der Waals surface area contributed by atoms with Gasteiger partial charge in [-0.3, -0.25) is 4.79 Å². The lowest BCUT2D eigenvalue weighted by atomic mass is 10.2. The van der Waals surface area contributed by atoms with E-state index in [1.54, 1.807) is 13.8 Å². The van der Waals surface area contributed by atoms with Gasteiger partial charge in [0, 0.05) is 25.2 Å². The van der Waals surface area contributed by atoms with Gasteiger partial charge >= 0.3 is 0 Å². The number of H-pyrrole nitrogens is 1. The monoisotopic (exact) mass is 245 g/mol. The van der Waals surface area contributed by atoms with Crippen LogP contribution in [0.25, 0.3) is 0 Å². The third-order valence-corrected chi connectivity index (χ3v) is 4.54. The molecular formula is C9H15N3O3S. The molecule has 1 rings (SSSR count). The van der Waals surface area contributed by atoms with E-state index in [1.807, 2.05) is 0 Å². The molecule has 16 heavy (non-hydrogen) atoms. The first-order valence-corrected chi connectivity index (χ1v) is 6.60.